The lowest BCUT2D eigenvalue weighted by Gasteiger charge is -2.05. The van der Waals surface area contributed by atoms with Gasteiger partial charge in [0.25, 0.3) is 6.01 Å². The maximum Gasteiger partial charge on any atom is 0.292 e. The summed E-state index contributed by atoms with van der Waals surface area (Å²) in [6, 6.07) is 12.4. The number of nitrogens with two attached hydrogens (primary N) is 1. The van der Waals surface area contributed by atoms with Crippen LogP contribution in [0, 0.1) is 0 Å². The van der Waals surface area contributed by atoms with Gasteiger partial charge in [-0.1, -0.05) is 46.3 Å². The van der Waals surface area contributed by atoms with Crippen molar-refractivity contribution in [3.05, 3.63) is 47.1 Å². The Morgan fingerprint density at radius 3 is 2.71 bits per heavy atom. The summed E-state index contributed by atoms with van der Waals surface area (Å²) >= 11 is 3.54. The van der Waals surface area contributed by atoms with Gasteiger partial charge in [0.05, 0.1) is 0 Å². The quantitative estimate of drug-likeness (QED) is 0.740. The standard InChI is InChI=1S/C13H9BrN2O/c14-10-6-5-8-3-1-2-4-9(8)12(10)11-7-17-13(15)16-11/h1-7H,(H2,15,16). The van der Waals surface area contributed by atoms with Crippen molar-refractivity contribution < 1.29 is 4.42 Å². The molecule has 2 N–H and O–H groups in total. The molecule has 0 spiro atoms. The average Bonchev–Trinajstić information content (AvgIpc) is 2.75. The van der Waals surface area contributed by atoms with Crippen molar-refractivity contribution in [2.45, 2.75) is 0 Å². The summed E-state index contributed by atoms with van der Waals surface area (Å²) in [5.41, 5.74) is 7.26. The number of fused-ring (bicyclic) bond motifs is 1. The second-order valence-corrected chi connectivity index (χ2v) is 4.57. The van der Waals surface area contributed by atoms with Gasteiger partial charge in [-0.2, -0.15) is 4.98 Å². The topological polar surface area (TPSA) is 52.0 Å². The number of rotatable bonds is 1. The van der Waals surface area contributed by atoms with Crippen LogP contribution in [0.4, 0.5) is 6.01 Å². The molecule has 17 heavy (non-hydrogen) atoms. The van der Waals surface area contributed by atoms with Crippen LogP contribution < -0.4 is 5.73 Å². The summed E-state index contributed by atoms with van der Waals surface area (Å²) in [6.07, 6.45) is 1.57. The predicted molar refractivity (Wildman–Crippen MR) is 71.6 cm³/mol. The summed E-state index contributed by atoms with van der Waals surface area (Å²) in [6.45, 7) is 0. The van der Waals surface area contributed by atoms with E-state index in [0.29, 0.717) is 0 Å². The Hall–Kier alpha value is -1.81. The molecule has 0 unspecified atom stereocenters. The highest BCUT2D eigenvalue weighted by molar-refractivity contribution is 9.10. The second kappa shape index (κ2) is 3.89. The Labute approximate surface area is 106 Å². The molecule has 3 nitrogen and oxygen atoms in total. The summed E-state index contributed by atoms with van der Waals surface area (Å²) in [4.78, 5) is 4.17. The van der Waals surface area contributed by atoms with Gasteiger partial charge >= 0.3 is 0 Å². The van der Waals surface area contributed by atoms with Gasteiger partial charge in [0, 0.05) is 10.0 Å². The molecule has 0 aliphatic carbocycles. The smallest absolute Gasteiger partial charge is 0.292 e. The van der Waals surface area contributed by atoms with Gasteiger partial charge in [0.2, 0.25) is 0 Å². The number of anilines is 1. The molecular weight excluding hydrogens is 280 g/mol. The highest BCUT2D eigenvalue weighted by Gasteiger charge is 2.11. The van der Waals surface area contributed by atoms with E-state index in [9.17, 15) is 0 Å². The van der Waals surface area contributed by atoms with Gasteiger partial charge in [-0.25, -0.2) is 0 Å². The van der Waals surface area contributed by atoms with Crippen molar-refractivity contribution in [2.24, 2.45) is 0 Å². The van der Waals surface area contributed by atoms with Gasteiger partial charge in [-0.15, -0.1) is 0 Å². The van der Waals surface area contributed by atoms with Crippen LogP contribution in [0.5, 0.6) is 0 Å². The van der Waals surface area contributed by atoms with E-state index in [2.05, 4.69) is 39.1 Å². The van der Waals surface area contributed by atoms with Gasteiger partial charge < -0.3 is 10.2 Å². The third-order valence-corrected chi connectivity index (χ3v) is 3.32. The normalized spacial score (nSPS) is 10.9. The van der Waals surface area contributed by atoms with E-state index in [-0.39, 0.29) is 6.01 Å². The van der Waals surface area contributed by atoms with Crippen LogP contribution in [0.3, 0.4) is 0 Å². The fourth-order valence-corrected chi connectivity index (χ4v) is 2.46. The van der Waals surface area contributed by atoms with Crippen molar-refractivity contribution in [1.29, 1.82) is 0 Å². The fraction of sp³-hybridized carbons (Fsp3) is 0. The summed E-state index contributed by atoms with van der Waals surface area (Å²) in [5.74, 6) is 0. The number of oxazole rings is 1. The fourth-order valence-electron chi connectivity index (χ4n) is 1.91. The van der Waals surface area contributed by atoms with Gasteiger partial charge in [0.1, 0.15) is 12.0 Å². The van der Waals surface area contributed by atoms with E-state index in [1.54, 1.807) is 6.26 Å². The van der Waals surface area contributed by atoms with Gasteiger partial charge in [-0.3, -0.25) is 0 Å². The molecule has 84 valence electrons. The molecule has 0 radical (unpaired) electrons. The van der Waals surface area contributed by atoms with Crippen molar-refractivity contribution in [2.75, 3.05) is 5.73 Å². The lowest BCUT2D eigenvalue weighted by atomic mass is 10.0. The van der Waals surface area contributed by atoms with Crippen LogP contribution in [0.1, 0.15) is 0 Å². The molecular formula is C13H9BrN2O. The summed E-state index contributed by atoms with van der Waals surface area (Å²) in [7, 11) is 0. The first-order valence-corrected chi connectivity index (χ1v) is 5.93. The molecule has 0 amide bonds. The second-order valence-electron chi connectivity index (χ2n) is 3.71. The minimum Gasteiger partial charge on any atom is -0.432 e. The van der Waals surface area contributed by atoms with E-state index < -0.39 is 0 Å². The number of hydrogen-bond acceptors (Lipinski definition) is 3. The highest BCUT2D eigenvalue weighted by Crippen LogP contribution is 2.35. The molecule has 3 rings (SSSR count). The minimum absolute atomic E-state index is 0.180. The lowest BCUT2D eigenvalue weighted by Crippen LogP contribution is -1.86. The molecule has 2 aromatic carbocycles. The van der Waals surface area contributed by atoms with E-state index in [1.165, 1.54) is 0 Å². The molecule has 0 atom stereocenters. The molecule has 0 bridgehead atoms. The van der Waals surface area contributed by atoms with E-state index in [4.69, 9.17) is 10.2 Å². The highest BCUT2D eigenvalue weighted by atomic mass is 79.9. The summed E-state index contributed by atoms with van der Waals surface area (Å²) < 4.78 is 6.05. The first-order valence-electron chi connectivity index (χ1n) is 5.14. The monoisotopic (exact) mass is 288 g/mol. The maximum absolute atomic E-state index is 5.52. The van der Waals surface area contributed by atoms with E-state index in [0.717, 1.165) is 26.5 Å². The molecule has 0 aliphatic heterocycles. The molecule has 0 aliphatic rings. The Balaban J connectivity index is 2.38. The predicted octanol–water partition coefficient (Wildman–Crippen LogP) is 3.84. The Kier molecular flexibility index (Phi) is 2.37. The van der Waals surface area contributed by atoms with Crippen LogP contribution in [-0.4, -0.2) is 4.98 Å². The van der Waals surface area contributed by atoms with Crippen LogP contribution in [0.2, 0.25) is 0 Å². The van der Waals surface area contributed by atoms with Gasteiger partial charge in [0.15, 0.2) is 0 Å². The van der Waals surface area contributed by atoms with Crippen molar-refractivity contribution in [3.63, 3.8) is 0 Å². The Morgan fingerprint density at radius 1 is 1.12 bits per heavy atom. The molecule has 4 heteroatoms. The molecule has 0 saturated heterocycles. The van der Waals surface area contributed by atoms with Gasteiger partial charge in [-0.05, 0) is 16.8 Å². The Morgan fingerprint density at radius 2 is 1.94 bits per heavy atom. The molecule has 0 fully saturated rings. The summed E-state index contributed by atoms with van der Waals surface area (Å²) in [5, 5.41) is 2.28. The van der Waals surface area contributed by atoms with E-state index >= 15 is 0 Å². The number of halogens is 1. The number of hydrogen-bond donors (Lipinski definition) is 1. The average molecular weight is 289 g/mol. The van der Waals surface area contributed by atoms with Crippen LogP contribution in [0.25, 0.3) is 22.0 Å². The van der Waals surface area contributed by atoms with E-state index in [1.807, 2.05) is 18.2 Å². The number of nitrogen functional groups attached to an aromatic ring is 1. The third-order valence-electron chi connectivity index (χ3n) is 2.66. The van der Waals surface area contributed by atoms with Crippen molar-refractivity contribution in [1.82, 2.24) is 4.98 Å². The number of nitrogens with zero attached hydrogens (tertiary/aromatic N) is 1. The zero-order valence-electron chi connectivity index (χ0n) is 8.85. The molecule has 0 saturated carbocycles. The SMILES string of the molecule is Nc1nc(-c2c(Br)ccc3ccccc23)co1. The van der Waals surface area contributed by atoms with Crippen LogP contribution >= 0.6 is 15.9 Å². The van der Waals surface area contributed by atoms with Crippen molar-refractivity contribution in [3.8, 4) is 11.3 Å². The molecule has 1 heterocycles. The lowest BCUT2D eigenvalue weighted by molar-refractivity contribution is 0.581. The third kappa shape index (κ3) is 1.70. The largest absolute Gasteiger partial charge is 0.432 e. The van der Waals surface area contributed by atoms with Crippen molar-refractivity contribution >= 4 is 32.7 Å². The van der Waals surface area contributed by atoms with Crippen LogP contribution in [-0.2, 0) is 0 Å². The number of benzene rings is 2. The van der Waals surface area contributed by atoms with Crippen LogP contribution in [0.15, 0.2) is 51.6 Å². The first-order chi connectivity index (χ1) is 8.25. The molecule has 3 aromatic rings. The number of aromatic nitrogens is 1. The Bertz CT molecular complexity index is 691. The first kappa shape index (κ1) is 10.4. The molecule has 1 aromatic heterocycles. The zero-order valence-corrected chi connectivity index (χ0v) is 10.4. The maximum atomic E-state index is 5.52. The zero-order chi connectivity index (χ0) is 11.8. The minimum atomic E-state index is 0.180.